The zero-order valence-corrected chi connectivity index (χ0v) is 17.2. The Morgan fingerprint density at radius 2 is 1.86 bits per heavy atom. The van der Waals surface area contributed by atoms with Crippen molar-refractivity contribution in [2.75, 3.05) is 24.7 Å². The number of ether oxygens (including phenoxy) is 1. The van der Waals surface area contributed by atoms with Crippen LogP contribution in [-0.4, -0.2) is 43.5 Å². The molecule has 8 N–H and O–H groups in total. The standard InChI is InChI=1S/C20H33N5O4/c1-3-4-7-14(22)19(27)24-16-10-9-13(12-15(16)23)18(26)25-17(20(28)29-2)8-5-6-11-21/h9-10,12,14,17H,3-8,11,21-23H2,1-2H3,(H,24,27)(H,25,26)/t14-,17-/m0/s1. The van der Waals surface area contributed by atoms with Crippen LogP contribution in [0.5, 0.6) is 0 Å². The number of nitrogen functional groups attached to an aromatic ring is 1. The Bertz CT molecular complexity index is 695. The Kier molecular flexibility index (Phi) is 10.7. The maximum Gasteiger partial charge on any atom is 0.328 e. The molecule has 2 amide bonds. The third-order valence-corrected chi connectivity index (χ3v) is 4.52. The van der Waals surface area contributed by atoms with Gasteiger partial charge < -0.3 is 32.6 Å². The van der Waals surface area contributed by atoms with E-state index in [4.69, 9.17) is 21.9 Å². The van der Waals surface area contributed by atoms with Crippen molar-refractivity contribution in [3.8, 4) is 0 Å². The van der Waals surface area contributed by atoms with E-state index >= 15 is 0 Å². The van der Waals surface area contributed by atoms with E-state index in [9.17, 15) is 14.4 Å². The van der Waals surface area contributed by atoms with Crippen LogP contribution in [0, 0.1) is 0 Å². The minimum atomic E-state index is -0.767. The maximum absolute atomic E-state index is 12.5. The van der Waals surface area contributed by atoms with E-state index in [2.05, 4.69) is 10.6 Å². The molecule has 1 rings (SSSR count). The van der Waals surface area contributed by atoms with Crippen LogP contribution >= 0.6 is 0 Å². The molecule has 0 aliphatic carbocycles. The average Bonchev–Trinajstić information content (AvgIpc) is 2.71. The zero-order valence-electron chi connectivity index (χ0n) is 17.2. The molecule has 29 heavy (non-hydrogen) atoms. The van der Waals surface area contributed by atoms with Crippen molar-refractivity contribution in [3.63, 3.8) is 0 Å². The first-order valence-corrected chi connectivity index (χ1v) is 9.88. The van der Waals surface area contributed by atoms with Crippen LogP contribution in [0.2, 0.25) is 0 Å². The summed E-state index contributed by atoms with van der Waals surface area (Å²) in [7, 11) is 1.27. The molecule has 0 unspecified atom stereocenters. The molecule has 0 saturated carbocycles. The second-order valence-electron chi connectivity index (χ2n) is 6.87. The van der Waals surface area contributed by atoms with Gasteiger partial charge in [-0.05, 0) is 50.4 Å². The number of rotatable bonds is 12. The number of unbranched alkanes of at least 4 members (excludes halogenated alkanes) is 2. The lowest BCUT2D eigenvalue weighted by atomic mass is 10.1. The second-order valence-corrected chi connectivity index (χ2v) is 6.87. The Morgan fingerprint density at radius 3 is 2.45 bits per heavy atom. The predicted octanol–water partition coefficient (Wildman–Crippen LogP) is 1.13. The minimum Gasteiger partial charge on any atom is -0.467 e. The van der Waals surface area contributed by atoms with E-state index in [1.807, 2.05) is 6.92 Å². The van der Waals surface area contributed by atoms with E-state index in [0.717, 1.165) is 19.3 Å². The highest BCUT2D eigenvalue weighted by molar-refractivity contribution is 6.01. The number of esters is 1. The van der Waals surface area contributed by atoms with Gasteiger partial charge in [0.05, 0.1) is 24.5 Å². The molecule has 0 heterocycles. The van der Waals surface area contributed by atoms with Gasteiger partial charge in [0.15, 0.2) is 0 Å². The van der Waals surface area contributed by atoms with Crippen LogP contribution in [-0.2, 0) is 14.3 Å². The normalized spacial score (nSPS) is 12.7. The Morgan fingerprint density at radius 1 is 1.14 bits per heavy atom. The molecule has 0 aliphatic heterocycles. The van der Waals surface area contributed by atoms with Crippen LogP contribution in [0.25, 0.3) is 0 Å². The number of hydrogen-bond donors (Lipinski definition) is 5. The van der Waals surface area contributed by atoms with Crippen molar-refractivity contribution in [1.29, 1.82) is 0 Å². The van der Waals surface area contributed by atoms with Crippen molar-refractivity contribution < 1.29 is 19.1 Å². The fraction of sp³-hybridized carbons (Fsp3) is 0.550. The van der Waals surface area contributed by atoms with Gasteiger partial charge in [0.25, 0.3) is 5.91 Å². The number of hydrogen-bond acceptors (Lipinski definition) is 7. The van der Waals surface area contributed by atoms with E-state index in [1.165, 1.54) is 25.3 Å². The highest BCUT2D eigenvalue weighted by Crippen LogP contribution is 2.20. The zero-order chi connectivity index (χ0) is 21.8. The Hall–Kier alpha value is -2.65. The summed E-state index contributed by atoms with van der Waals surface area (Å²) >= 11 is 0. The van der Waals surface area contributed by atoms with E-state index in [1.54, 1.807) is 0 Å². The lowest BCUT2D eigenvalue weighted by Gasteiger charge is -2.17. The van der Waals surface area contributed by atoms with Gasteiger partial charge >= 0.3 is 5.97 Å². The third-order valence-electron chi connectivity index (χ3n) is 4.52. The molecule has 1 aromatic rings. The number of nitrogens with two attached hydrogens (primary N) is 3. The van der Waals surface area contributed by atoms with Crippen molar-refractivity contribution >= 4 is 29.2 Å². The largest absolute Gasteiger partial charge is 0.467 e. The number of anilines is 2. The number of carbonyl (C=O) groups is 3. The smallest absolute Gasteiger partial charge is 0.328 e. The van der Waals surface area contributed by atoms with Gasteiger partial charge in [0, 0.05) is 5.56 Å². The monoisotopic (exact) mass is 407 g/mol. The third kappa shape index (κ3) is 8.08. The van der Waals surface area contributed by atoms with Gasteiger partial charge in [-0.25, -0.2) is 4.79 Å². The molecule has 9 heteroatoms. The van der Waals surface area contributed by atoms with Gasteiger partial charge in [0.1, 0.15) is 6.04 Å². The van der Waals surface area contributed by atoms with Gasteiger partial charge in [-0.2, -0.15) is 0 Å². The highest BCUT2D eigenvalue weighted by Gasteiger charge is 2.22. The summed E-state index contributed by atoms with van der Waals surface area (Å²) in [5, 5.41) is 5.34. The molecule has 0 spiro atoms. The number of methoxy groups -OCH3 is 1. The highest BCUT2D eigenvalue weighted by atomic mass is 16.5. The van der Waals surface area contributed by atoms with Crippen molar-refractivity contribution in [2.24, 2.45) is 11.5 Å². The molecule has 0 aromatic heterocycles. The molecule has 2 atom stereocenters. The number of benzene rings is 1. The summed E-state index contributed by atoms with van der Waals surface area (Å²) < 4.78 is 4.75. The van der Waals surface area contributed by atoms with Crippen LogP contribution in [0.1, 0.15) is 55.8 Å². The van der Waals surface area contributed by atoms with Crippen molar-refractivity contribution in [3.05, 3.63) is 23.8 Å². The molecule has 162 valence electrons. The van der Waals surface area contributed by atoms with Crippen molar-refractivity contribution in [1.82, 2.24) is 5.32 Å². The lowest BCUT2D eigenvalue weighted by molar-refractivity contribution is -0.143. The Balaban J connectivity index is 2.78. The molecular formula is C20H33N5O4. The minimum absolute atomic E-state index is 0.228. The fourth-order valence-corrected chi connectivity index (χ4v) is 2.72. The molecule has 0 fully saturated rings. The SMILES string of the molecule is CCCC[C@H](N)C(=O)Nc1ccc(C(=O)N[C@@H](CCCCN)C(=O)OC)cc1N. The summed E-state index contributed by atoms with van der Waals surface area (Å²) in [6.45, 7) is 2.53. The van der Waals surface area contributed by atoms with Gasteiger partial charge in [-0.3, -0.25) is 9.59 Å². The second kappa shape index (κ2) is 12.7. The molecule has 0 saturated heterocycles. The average molecular weight is 408 g/mol. The Labute approximate surface area is 171 Å². The van der Waals surface area contributed by atoms with Crippen LogP contribution in [0.15, 0.2) is 18.2 Å². The van der Waals surface area contributed by atoms with Crippen LogP contribution in [0.4, 0.5) is 11.4 Å². The van der Waals surface area contributed by atoms with Crippen molar-refractivity contribution in [2.45, 2.75) is 57.5 Å². The van der Waals surface area contributed by atoms with Gasteiger partial charge in [-0.15, -0.1) is 0 Å². The summed E-state index contributed by atoms with van der Waals surface area (Å²) in [5.74, 6) is -1.31. The molecular weight excluding hydrogens is 374 g/mol. The van der Waals surface area contributed by atoms with E-state index in [-0.39, 0.29) is 17.2 Å². The molecule has 1 aromatic carbocycles. The topological polar surface area (TPSA) is 163 Å². The molecule has 9 nitrogen and oxygen atoms in total. The lowest BCUT2D eigenvalue weighted by Crippen LogP contribution is -2.41. The molecule has 0 bridgehead atoms. The molecule has 0 radical (unpaired) electrons. The van der Waals surface area contributed by atoms with Gasteiger partial charge in [-0.1, -0.05) is 19.8 Å². The maximum atomic E-state index is 12.5. The van der Waals surface area contributed by atoms with E-state index in [0.29, 0.717) is 31.5 Å². The predicted molar refractivity (Wildman–Crippen MR) is 113 cm³/mol. The van der Waals surface area contributed by atoms with E-state index < -0.39 is 24.0 Å². The molecule has 0 aliphatic rings. The quantitative estimate of drug-likeness (QED) is 0.197. The summed E-state index contributed by atoms with van der Waals surface area (Å²) in [6.07, 6.45) is 4.24. The number of nitrogens with one attached hydrogen (secondary N) is 2. The first-order valence-electron chi connectivity index (χ1n) is 9.88. The van der Waals surface area contributed by atoms with Gasteiger partial charge in [0.2, 0.25) is 5.91 Å². The fourth-order valence-electron chi connectivity index (χ4n) is 2.72. The van der Waals surface area contributed by atoms with Crippen LogP contribution in [0.3, 0.4) is 0 Å². The number of amides is 2. The first kappa shape index (κ1) is 24.4. The summed E-state index contributed by atoms with van der Waals surface area (Å²) in [6, 6.07) is 3.11. The summed E-state index contributed by atoms with van der Waals surface area (Å²) in [5.41, 5.74) is 18.2. The number of carbonyl (C=O) groups excluding carboxylic acids is 3. The first-order chi connectivity index (χ1) is 13.8. The summed E-state index contributed by atoms with van der Waals surface area (Å²) in [4.78, 5) is 36.6. The van der Waals surface area contributed by atoms with Crippen LogP contribution < -0.4 is 27.8 Å².